The summed E-state index contributed by atoms with van der Waals surface area (Å²) in [5, 5.41) is 5.40. The number of carbonyl (C=O) groups is 3. The lowest BCUT2D eigenvalue weighted by molar-refractivity contribution is -0.120. The van der Waals surface area contributed by atoms with Crippen molar-refractivity contribution in [3.05, 3.63) is 126 Å². The molecule has 2 unspecified atom stereocenters. The first-order valence-corrected chi connectivity index (χ1v) is 13.9. The van der Waals surface area contributed by atoms with Crippen LogP contribution >= 0.6 is 11.8 Å². The first kappa shape index (κ1) is 27.0. The van der Waals surface area contributed by atoms with Crippen LogP contribution in [-0.4, -0.2) is 39.6 Å². The lowest BCUT2D eigenvalue weighted by Gasteiger charge is -2.28. The van der Waals surface area contributed by atoms with Crippen molar-refractivity contribution >= 4 is 41.0 Å². The topological polar surface area (TPSA) is 101 Å². The van der Waals surface area contributed by atoms with Crippen LogP contribution < -0.4 is 10.6 Å². The first-order valence-electron chi connectivity index (χ1n) is 12.8. The number of pyridine rings is 1. The molecule has 4 aromatic rings. The van der Waals surface area contributed by atoms with Crippen molar-refractivity contribution < 1.29 is 19.1 Å². The molecule has 5 rings (SSSR count). The second-order valence-electron chi connectivity index (χ2n) is 9.21. The van der Waals surface area contributed by atoms with Gasteiger partial charge in [-0.05, 0) is 53.1 Å². The molecule has 3 amide bonds. The predicted molar refractivity (Wildman–Crippen MR) is 156 cm³/mol. The summed E-state index contributed by atoms with van der Waals surface area (Å²) < 4.78 is 5.63. The number of ether oxygens (including phenoxy) is 1. The molecule has 1 fully saturated rings. The molecule has 2 atom stereocenters. The Morgan fingerprint density at radius 2 is 1.45 bits per heavy atom. The maximum Gasteiger partial charge on any atom is 0.412 e. The zero-order valence-corrected chi connectivity index (χ0v) is 22.4. The highest BCUT2D eigenvalue weighted by Gasteiger charge is 2.43. The summed E-state index contributed by atoms with van der Waals surface area (Å²) in [4.78, 5) is 44.6. The first-order chi connectivity index (χ1) is 19.6. The van der Waals surface area contributed by atoms with Gasteiger partial charge in [-0.2, -0.15) is 0 Å². The molecule has 9 heteroatoms. The molecule has 3 aromatic carbocycles. The second-order valence-corrected chi connectivity index (χ2v) is 10.3. The van der Waals surface area contributed by atoms with Crippen molar-refractivity contribution in [2.24, 2.45) is 0 Å². The molecule has 1 aliphatic heterocycles. The van der Waals surface area contributed by atoms with Crippen molar-refractivity contribution in [3.63, 3.8) is 0 Å². The monoisotopic (exact) mass is 552 g/mol. The normalized spacial score (nSPS) is 16.2. The van der Waals surface area contributed by atoms with Gasteiger partial charge in [0.2, 0.25) is 11.8 Å². The van der Waals surface area contributed by atoms with Crippen LogP contribution in [0.5, 0.6) is 0 Å². The van der Waals surface area contributed by atoms with Gasteiger partial charge in [0.05, 0.1) is 6.42 Å². The number of aromatic nitrogens is 1. The lowest BCUT2D eigenvalue weighted by Crippen LogP contribution is -2.45. The number of hydrogen-bond donors (Lipinski definition) is 2. The van der Waals surface area contributed by atoms with E-state index in [9.17, 15) is 14.4 Å². The molecular weight excluding hydrogens is 524 g/mol. The maximum absolute atomic E-state index is 13.4. The fourth-order valence-electron chi connectivity index (χ4n) is 4.35. The van der Waals surface area contributed by atoms with E-state index in [1.54, 1.807) is 36.7 Å². The standard InChI is InChI=1S/C31H28N4O4S/c36-28(33-25-9-5-2-6-10-25)19-22-11-13-26(14-12-22)34-29(37)27-21-40-30(24-15-17-32-18-16-24)35(27)31(38)39-20-23-7-3-1-4-8-23/h1-18,27,30H,19-21H2,(H,33,36)(H,34,37). The van der Waals surface area contributed by atoms with Crippen molar-refractivity contribution in [2.75, 3.05) is 16.4 Å². The Kier molecular flexibility index (Phi) is 8.73. The molecule has 8 nitrogen and oxygen atoms in total. The summed E-state index contributed by atoms with van der Waals surface area (Å²) in [6.45, 7) is 0.109. The van der Waals surface area contributed by atoms with Gasteiger partial charge in [0, 0.05) is 29.5 Å². The van der Waals surface area contributed by atoms with Crippen molar-refractivity contribution in [1.82, 2.24) is 9.88 Å². The van der Waals surface area contributed by atoms with Gasteiger partial charge in [0.15, 0.2) is 0 Å². The molecule has 202 valence electrons. The number of hydrogen-bond acceptors (Lipinski definition) is 6. The van der Waals surface area contributed by atoms with E-state index in [1.807, 2.05) is 72.8 Å². The van der Waals surface area contributed by atoms with Crippen LogP contribution in [0.2, 0.25) is 0 Å². The number of nitrogens with one attached hydrogen (secondary N) is 2. The molecule has 0 radical (unpaired) electrons. The third-order valence-electron chi connectivity index (χ3n) is 6.35. The SMILES string of the molecule is O=C(Cc1ccc(NC(=O)C2CSC(c3ccncc3)N2C(=O)OCc2ccccc2)cc1)Nc1ccccc1. The Hall–Kier alpha value is -4.63. The molecule has 2 heterocycles. The Morgan fingerprint density at radius 3 is 2.15 bits per heavy atom. The Bertz CT molecular complexity index is 1440. The molecule has 0 bridgehead atoms. The number of amides is 3. The van der Waals surface area contributed by atoms with Crippen LogP contribution in [0.1, 0.15) is 22.1 Å². The largest absolute Gasteiger partial charge is 0.444 e. The van der Waals surface area contributed by atoms with Crippen LogP contribution in [0.3, 0.4) is 0 Å². The van der Waals surface area contributed by atoms with Crippen LogP contribution in [0.4, 0.5) is 16.2 Å². The quantitative estimate of drug-likeness (QED) is 0.293. The molecule has 0 spiro atoms. The van der Waals surface area contributed by atoms with E-state index in [2.05, 4.69) is 15.6 Å². The molecule has 0 aliphatic carbocycles. The molecule has 40 heavy (non-hydrogen) atoms. The number of thioether (sulfide) groups is 1. The minimum absolute atomic E-state index is 0.109. The van der Waals surface area contributed by atoms with Gasteiger partial charge in [-0.3, -0.25) is 19.5 Å². The van der Waals surface area contributed by atoms with Crippen LogP contribution in [0, 0.1) is 0 Å². The number of nitrogens with zero attached hydrogens (tertiary/aromatic N) is 2. The van der Waals surface area contributed by atoms with Gasteiger partial charge >= 0.3 is 6.09 Å². The highest BCUT2D eigenvalue weighted by Crippen LogP contribution is 2.42. The van der Waals surface area contributed by atoms with E-state index in [1.165, 1.54) is 16.7 Å². The van der Waals surface area contributed by atoms with E-state index in [4.69, 9.17) is 4.74 Å². The summed E-state index contributed by atoms with van der Waals surface area (Å²) >= 11 is 1.50. The van der Waals surface area contributed by atoms with Gasteiger partial charge in [-0.25, -0.2) is 4.79 Å². The number of rotatable bonds is 8. The zero-order chi connectivity index (χ0) is 27.7. The van der Waals surface area contributed by atoms with Gasteiger partial charge < -0.3 is 15.4 Å². The number of anilines is 2. The summed E-state index contributed by atoms with van der Waals surface area (Å²) in [6.07, 6.45) is 2.98. The number of carbonyl (C=O) groups excluding carboxylic acids is 3. The van der Waals surface area contributed by atoms with Gasteiger partial charge in [0.1, 0.15) is 18.0 Å². The average molecular weight is 553 g/mol. The summed E-state index contributed by atoms with van der Waals surface area (Å²) in [7, 11) is 0. The third-order valence-corrected chi connectivity index (χ3v) is 7.68. The number of para-hydroxylation sites is 1. The van der Waals surface area contributed by atoms with E-state index in [0.717, 1.165) is 22.4 Å². The molecule has 0 saturated carbocycles. The van der Waals surface area contributed by atoms with Gasteiger partial charge in [-0.15, -0.1) is 11.8 Å². The zero-order valence-electron chi connectivity index (χ0n) is 21.6. The smallest absolute Gasteiger partial charge is 0.412 e. The Morgan fingerprint density at radius 1 is 0.800 bits per heavy atom. The minimum atomic E-state index is -0.734. The Labute approximate surface area is 236 Å². The maximum atomic E-state index is 13.4. The van der Waals surface area contributed by atoms with Crippen LogP contribution in [0.15, 0.2) is 109 Å². The fraction of sp³-hybridized carbons (Fsp3) is 0.161. The molecular formula is C31H28N4O4S. The molecule has 1 saturated heterocycles. The van der Waals surface area contributed by atoms with Crippen molar-refractivity contribution in [1.29, 1.82) is 0 Å². The Balaban J connectivity index is 1.24. The highest BCUT2D eigenvalue weighted by molar-refractivity contribution is 7.99. The van der Waals surface area contributed by atoms with Crippen LogP contribution in [-0.2, 0) is 27.4 Å². The van der Waals surface area contributed by atoms with Gasteiger partial charge in [0.25, 0.3) is 0 Å². The fourth-order valence-corrected chi connectivity index (χ4v) is 5.77. The molecule has 1 aliphatic rings. The van der Waals surface area contributed by atoms with E-state index < -0.39 is 12.1 Å². The molecule has 2 N–H and O–H groups in total. The number of benzene rings is 3. The van der Waals surface area contributed by atoms with Crippen molar-refractivity contribution in [2.45, 2.75) is 24.4 Å². The van der Waals surface area contributed by atoms with Gasteiger partial charge in [-0.1, -0.05) is 60.7 Å². The van der Waals surface area contributed by atoms with E-state index in [0.29, 0.717) is 11.4 Å². The van der Waals surface area contributed by atoms with Crippen molar-refractivity contribution in [3.8, 4) is 0 Å². The van der Waals surface area contributed by atoms with E-state index >= 15 is 0 Å². The summed E-state index contributed by atoms with van der Waals surface area (Å²) in [5.74, 6) is -0.0233. The van der Waals surface area contributed by atoms with Crippen LogP contribution in [0.25, 0.3) is 0 Å². The summed E-state index contributed by atoms with van der Waals surface area (Å²) in [6, 6.07) is 28.7. The third kappa shape index (κ3) is 6.86. The minimum Gasteiger partial charge on any atom is -0.444 e. The second kappa shape index (κ2) is 12.9. The molecule has 1 aromatic heterocycles. The highest BCUT2D eigenvalue weighted by atomic mass is 32.2. The average Bonchev–Trinajstić information content (AvgIpc) is 3.44. The lowest BCUT2D eigenvalue weighted by atomic mass is 10.1. The van der Waals surface area contributed by atoms with E-state index in [-0.39, 0.29) is 30.2 Å². The predicted octanol–water partition coefficient (Wildman–Crippen LogP) is 5.65. The summed E-state index contributed by atoms with van der Waals surface area (Å²) in [5.41, 5.74) is 3.86.